The third-order valence-electron chi connectivity index (χ3n) is 3.65. The van der Waals surface area contributed by atoms with Gasteiger partial charge in [0.1, 0.15) is 5.75 Å². The van der Waals surface area contributed by atoms with Gasteiger partial charge in [-0.3, -0.25) is 4.99 Å². The molecule has 0 aliphatic carbocycles. The molecule has 0 aliphatic rings. The van der Waals surface area contributed by atoms with E-state index in [0.29, 0.717) is 0 Å². The van der Waals surface area contributed by atoms with Gasteiger partial charge in [-0.25, -0.2) is 0 Å². The molecule has 3 aromatic carbocycles. The molecule has 0 radical (unpaired) electrons. The number of hydrogen-bond donors (Lipinski definition) is 1. The lowest BCUT2D eigenvalue weighted by molar-refractivity contribution is 0.475. The van der Waals surface area contributed by atoms with Crippen LogP contribution in [-0.4, -0.2) is 11.3 Å². The predicted octanol–water partition coefficient (Wildman–Crippen LogP) is 4.86. The fourth-order valence-electron chi connectivity index (χ4n) is 2.49. The Morgan fingerprint density at radius 2 is 1.71 bits per heavy atom. The fraction of sp³-hybridized carbons (Fsp3) is 0.105. The van der Waals surface area contributed by atoms with Crippen LogP contribution in [0.1, 0.15) is 18.1 Å². The van der Waals surface area contributed by atoms with Crippen LogP contribution in [0.25, 0.3) is 10.8 Å². The molecule has 0 saturated carbocycles. The molecule has 2 nitrogen and oxygen atoms in total. The first-order valence-electron chi connectivity index (χ1n) is 7.12. The number of para-hydroxylation sites is 1. The minimum atomic E-state index is 0.256. The second kappa shape index (κ2) is 5.80. The summed E-state index contributed by atoms with van der Waals surface area (Å²) in [4.78, 5) is 4.57. The van der Waals surface area contributed by atoms with Crippen LogP contribution >= 0.6 is 0 Å². The molecule has 3 rings (SSSR count). The molecule has 21 heavy (non-hydrogen) atoms. The molecule has 0 aromatic heterocycles. The van der Waals surface area contributed by atoms with Crippen molar-refractivity contribution < 1.29 is 5.11 Å². The summed E-state index contributed by atoms with van der Waals surface area (Å²) in [5.41, 5.74) is 2.92. The number of hydrogen-bond acceptors (Lipinski definition) is 2. The van der Waals surface area contributed by atoms with E-state index in [4.69, 9.17) is 0 Å². The van der Waals surface area contributed by atoms with Gasteiger partial charge in [-0.15, -0.1) is 0 Å². The molecule has 0 spiro atoms. The molecule has 3 aromatic rings. The molecule has 0 bridgehead atoms. The van der Waals surface area contributed by atoms with Crippen LogP contribution < -0.4 is 0 Å². The summed E-state index contributed by atoms with van der Waals surface area (Å²) in [6, 6.07) is 19.7. The van der Waals surface area contributed by atoms with Gasteiger partial charge in [0, 0.05) is 11.8 Å². The topological polar surface area (TPSA) is 32.6 Å². The van der Waals surface area contributed by atoms with E-state index >= 15 is 0 Å². The monoisotopic (exact) mass is 275 g/mol. The quantitative estimate of drug-likeness (QED) is 0.680. The van der Waals surface area contributed by atoms with Crippen molar-refractivity contribution in [1.29, 1.82) is 0 Å². The Hall–Kier alpha value is -2.61. The lowest BCUT2D eigenvalue weighted by atomic mass is 10.0. The van der Waals surface area contributed by atoms with Crippen LogP contribution in [-0.2, 0) is 6.42 Å². The first-order valence-corrected chi connectivity index (χ1v) is 7.12. The van der Waals surface area contributed by atoms with Crippen molar-refractivity contribution in [3.63, 3.8) is 0 Å². The van der Waals surface area contributed by atoms with Gasteiger partial charge in [-0.05, 0) is 34.9 Å². The van der Waals surface area contributed by atoms with Crippen molar-refractivity contribution in [2.75, 3.05) is 0 Å². The van der Waals surface area contributed by atoms with E-state index in [0.717, 1.165) is 28.4 Å². The first-order chi connectivity index (χ1) is 10.3. The molecule has 104 valence electrons. The zero-order valence-electron chi connectivity index (χ0n) is 12.0. The van der Waals surface area contributed by atoms with Gasteiger partial charge in [0.15, 0.2) is 0 Å². The molecule has 0 amide bonds. The van der Waals surface area contributed by atoms with E-state index in [9.17, 15) is 5.11 Å². The minimum absolute atomic E-state index is 0.256. The number of aryl methyl sites for hydroxylation is 1. The van der Waals surface area contributed by atoms with Gasteiger partial charge in [-0.2, -0.15) is 0 Å². The molecule has 2 heteroatoms. The Kier molecular flexibility index (Phi) is 3.69. The maximum absolute atomic E-state index is 10.1. The van der Waals surface area contributed by atoms with Crippen LogP contribution in [0.5, 0.6) is 5.75 Å². The Morgan fingerprint density at radius 3 is 2.57 bits per heavy atom. The molecular formula is C19H17NO. The van der Waals surface area contributed by atoms with Crippen LogP contribution in [0.3, 0.4) is 0 Å². The Morgan fingerprint density at radius 1 is 0.952 bits per heavy atom. The summed E-state index contributed by atoms with van der Waals surface area (Å²) in [5.74, 6) is 0.256. The molecule has 0 heterocycles. The zero-order chi connectivity index (χ0) is 14.7. The minimum Gasteiger partial charge on any atom is -0.507 e. The summed E-state index contributed by atoms with van der Waals surface area (Å²) in [6.07, 6.45) is 2.70. The molecule has 1 N–H and O–H groups in total. The summed E-state index contributed by atoms with van der Waals surface area (Å²) in [6.45, 7) is 2.11. The summed E-state index contributed by atoms with van der Waals surface area (Å²) in [7, 11) is 0. The van der Waals surface area contributed by atoms with E-state index < -0.39 is 0 Å². The number of aromatic hydroxyl groups is 1. The number of aliphatic imine (C=N–C) groups is 1. The van der Waals surface area contributed by atoms with E-state index in [1.165, 1.54) is 5.56 Å². The van der Waals surface area contributed by atoms with E-state index in [1.807, 2.05) is 48.5 Å². The molecular weight excluding hydrogens is 258 g/mol. The highest BCUT2D eigenvalue weighted by molar-refractivity contribution is 6.03. The molecule has 0 aliphatic heterocycles. The van der Waals surface area contributed by atoms with Crippen LogP contribution in [0.2, 0.25) is 0 Å². The SMILES string of the molecule is CCc1ccccc1N=Cc1c(O)ccc2ccccc12. The van der Waals surface area contributed by atoms with Crippen LogP contribution in [0.15, 0.2) is 65.7 Å². The van der Waals surface area contributed by atoms with Gasteiger partial charge in [0.25, 0.3) is 0 Å². The van der Waals surface area contributed by atoms with Gasteiger partial charge in [-0.1, -0.05) is 55.5 Å². The third kappa shape index (κ3) is 2.65. The van der Waals surface area contributed by atoms with Crippen molar-refractivity contribution >= 4 is 22.7 Å². The lowest BCUT2D eigenvalue weighted by Crippen LogP contribution is -1.87. The molecule has 0 atom stereocenters. The van der Waals surface area contributed by atoms with E-state index in [1.54, 1.807) is 12.3 Å². The Labute approximate surface area is 124 Å². The first kappa shape index (κ1) is 13.4. The fourth-order valence-corrected chi connectivity index (χ4v) is 2.49. The van der Waals surface area contributed by atoms with Gasteiger partial charge in [0.05, 0.1) is 5.69 Å². The maximum atomic E-state index is 10.1. The number of benzene rings is 3. The number of rotatable bonds is 3. The third-order valence-corrected chi connectivity index (χ3v) is 3.65. The highest BCUT2D eigenvalue weighted by Crippen LogP contribution is 2.27. The average Bonchev–Trinajstić information content (AvgIpc) is 2.54. The van der Waals surface area contributed by atoms with Crippen molar-refractivity contribution in [1.82, 2.24) is 0 Å². The van der Waals surface area contributed by atoms with Crippen LogP contribution in [0, 0.1) is 0 Å². The van der Waals surface area contributed by atoms with Gasteiger partial charge in [0.2, 0.25) is 0 Å². The normalized spacial score (nSPS) is 11.3. The number of phenols is 1. The van der Waals surface area contributed by atoms with Crippen molar-refractivity contribution in [3.05, 3.63) is 71.8 Å². The van der Waals surface area contributed by atoms with Crippen LogP contribution in [0.4, 0.5) is 5.69 Å². The molecule has 0 unspecified atom stereocenters. The summed E-state index contributed by atoms with van der Waals surface area (Å²) >= 11 is 0. The van der Waals surface area contributed by atoms with Gasteiger partial charge < -0.3 is 5.11 Å². The highest BCUT2D eigenvalue weighted by Gasteiger charge is 2.04. The highest BCUT2D eigenvalue weighted by atomic mass is 16.3. The van der Waals surface area contributed by atoms with E-state index in [2.05, 4.69) is 18.0 Å². The maximum Gasteiger partial charge on any atom is 0.124 e. The number of phenolic OH excluding ortho intramolecular Hbond substituents is 1. The summed E-state index contributed by atoms with van der Waals surface area (Å²) < 4.78 is 0. The second-order valence-electron chi connectivity index (χ2n) is 4.96. The molecule has 0 fully saturated rings. The standard InChI is InChI=1S/C19H17NO/c1-2-14-7-4-6-10-18(14)20-13-17-16-9-5-3-8-15(16)11-12-19(17)21/h3-13,21H,2H2,1H3. The van der Waals surface area contributed by atoms with Crippen molar-refractivity contribution in [3.8, 4) is 5.75 Å². The number of fused-ring (bicyclic) bond motifs is 1. The van der Waals surface area contributed by atoms with Crippen molar-refractivity contribution in [2.24, 2.45) is 4.99 Å². The Bertz CT molecular complexity index is 806. The zero-order valence-corrected chi connectivity index (χ0v) is 12.0. The largest absolute Gasteiger partial charge is 0.507 e. The van der Waals surface area contributed by atoms with Crippen molar-refractivity contribution in [2.45, 2.75) is 13.3 Å². The predicted molar refractivity (Wildman–Crippen MR) is 88.7 cm³/mol. The van der Waals surface area contributed by atoms with E-state index in [-0.39, 0.29) is 5.75 Å². The average molecular weight is 275 g/mol. The second-order valence-corrected chi connectivity index (χ2v) is 4.96. The summed E-state index contributed by atoms with van der Waals surface area (Å²) in [5, 5.41) is 12.2. The number of nitrogens with zero attached hydrogens (tertiary/aromatic N) is 1. The Balaban J connectivity index is 2.09. The van der Waals surface area contributed by atoms with Gasteiger partial charge >= 0.3 is 0 Å². The molecule has 0 saturated heterocycles. The smallest absolute Gasteiger partial charge is 0.124 e. The lowest BCUT2D eigenvalue weighted by Gasteiger charge is -2.05.